The summed E-state index contributed by atoms with van der Waals surface area (Å²) in [4.78, 5) is 15.0. The highest BCUT2D eigenvalue weighted by Crippen LogP contribution is 2.42. The maximum Gasteiger partial charge on any atom is 0.165 e. The fraction of sp³-hybridized carbons (Fsp3) is 0. The molecule has 0 spiro atoms. The van der Waals surface area contributed by atoms with Gasteiger partial charge in [-0.25, -0.2) is 15.0 Å². The third kappa shape index (κ3) is 5.12. The second-order valence-electron chi connectivity index (χ2n) is 14.4. The van der Waals surface area contributed by atoms with Crippen molar-refractivity contribution in [2.45, 2.75) is 0 Å². The minimum atomic E-state index is 0.657. The first-order valence-electron chi connectivity index (χ1n) is 19.0. The summed E-state index contributed by atoms with van der Waals surface area (Å²) in [5.41, 5.74) is 10.4. The normalized spacial score (nSPS) is 11.9. The maximum atomic E-state index is 6.41. The standard InChI is InChI=1S/C51H30N4OS/c1-3-12-31(13-4-1)49-52-50(32-14-5-2-6-15-32)54-51(53-49)39-19-11-18-38-42-29-34(23-27-47(42)57-48(38)39)33-22-25-45-40(28-33)41-30-35(24-26-46(41)56-45)55-43-20-9-7-16-36(43)37-17-8-10-21-44(37)55/h1-30H. The van der Waals surface area contributed by atoms with Gasteiger partial charge in [-0.1, -0.05) is 121 Å². The fourth-order valence-corrected chi connectivity index (χ4v) is 9.56. The number of furan rings is 1. The van der Waals surface area contributed by atoms with Crippen LogP contribution in [0.2, 0.25) is 0 Å². The largest absolute Gasteiger partial charge is 0.456 e. The number of rotatable bonds is 5. The zero-order valence-electron chi connectivity index (χ0n) is 30.4. The predicted octanol–water partition coefficient (Wildman–Crippen LogP) is 13.9. The van der Waals surface area contributed by atoms with Gasteiger partial charge in [0.2, 0.25) is 0 Å². The van der Waals surface area contributed by atoms with E-state index in [9.17, 15) is 0 Å². The molecule has 0 amide bonds. The molecular formula is C51H30N4OS. The Bertz CT molecular complexity index is 3420. The van der Waals surface area contributed by atoms with Gasteiger partial charge in [0.15, 0.2) is 17.5 Å². The van der Waals surface area contributed by atoms with Crippen molar-refractivity contribution < 1.29 is 4.42 Å². The quantitative estimate of drug-likeness (QED) is 0.176. The van der Waals surface area contributed by atoms with Crippen molar-refractivity contribution in [1.82, 2.24) is 19.5 Å². The SMILES string of the molecule is c1ccc(-c2nc(-c3ccccc3)nc(-c3cccc4c3sc3ccc(-c5ccc6oc7ccc(-n8c9ccccc9c9ccccc98)cc7c6c5)cc34)n2)cc1. The van der Waals surface area contributed by atoms with Crippen LogP contribution in [0.4, 0.5) is 0 Å². The van der Waals surface area contributed by atoms with E-state index in [1.165, 1.54) is 37.3 Å². The molecule has 5 nitrogen and oxygen atoms in total. The molecule has 4 aromatic heterocycles. The summed E-state index contributed by atoms with van der Waals surface area (Å²) in [7, 11) is 0. The molecule has 0 aliphatic carbocycles. The van der Waals surface area contributed by atoms with Gasteiger partial charge in [-0.3, -0.25) is 0 Å². The number of fused-ring (bicyclic) bond motifs is 9. The Morgan fingerprint density at radius 3 is 1.61 bits per heavy atom. The second kappa shape index (κ2) is 12.6. The molecule has 8 aromatic carbocycles. The summed E-state index contributed by atoms with van der Waals surface area (Å²) in [6, 6.07) is 63.9. The molecular weight excluding hydrogens is 717 g/mol. The van der Waals surface area contributed by atoms with Crippen LogP contribution < -0.4 is 0 Å². The molecule has 0 bridgehead atoms. The van der Waals surface area contributed by atoms with Crippen LogP contribution in [0, 0.1) is 0 Å². The van der Waals surface area contributed by atoms with E-state index in [1.807, 2.05) is 60.7 Å². The van der Waals surface area contributed by atoms with Crippen LogP contribution >= 0.6 is 11.3 Å². The van der Waals surface area contributed by atoms with Gasteiger partial charge < -0.3 is 8.98 Å². The molecule has 0 aliphatic rings. The zero-order valence-corrected chi connectivity index (χ0v) is 31.2. The summed E-state index contributed by atoms with van der Waals surface area (Å²) in [6.07, 6.45) is 0. The van der Waals surface area contributed by atoms with Gasteiger partial charge in [-0.05, 0) is 71.8 Å². The Morgan fingerprint density at radius 2 is 0.930 bits per heavy atom. The number of nitrogens with zero attached hydrogens (tertiary/aromatic N) is 4. The number of thiophene rings is 1. The van der Waals surface area contributed by atoms with Crippen molar-refractivity contribution in [2.24, 2.45) is 0 Å². The zero-order chi connectivity index (χ0) is 37.5. The summed E-state index contributed by atoms with van der Waals surface area (Å²) >= 11 is 1.78. The lowest BCUT2D eigenvalue weighted by Crippen LogP contribution is -2.00. The van der Waals surface area contributed by atoms with Gasteiger partial charge in [0.05, 0.1) is 11.0 Å². The highest BCUT2D eigenvalue weighted by atomic mass is 32.1. The molecule has 0 radical (unpaired) electrons. The Morgan fingerprint density at radius 1 is 0.386 bits per heavy atom. The lowest BCUT2D eigenvalue weighted by Gasteiger charge is -2.09. The van der Waals surface area contributed by atoms with Crippen molar-refractivity contribution in [3.05, 3.63) is 182 Å². The van der Waals surface area contributed by atoms with Crippen LogP contribution in [0.1, 0.15) is 0 Å². The Kier molecular flexibility index (Phi) is 7.03. The smallest absolute Gasteiger partial charge is 0.165 e. The van der Waals surface area contributed by atoms with E-state index in [-0.39, 0.29) is 0 Å². The average Bonchev–Trinajstić information content (AvgIpc) is 3.95. The monoisotopic (exact) mass is 746 g/mol. The maximum absolute atomic E-state index is 6.41. The molecule has 0 unspecified atom stereocenters. The van der Waals surface area contributed by atoms with Crippen LogP contribution in [0.15, 0.2) is 186 Å². The Labute approximate surface area is 330 Å². The predicted molar refractivity (Wildman–Crippen MR) is 236 cm³/mol. The molecule has 0 saturated carbocycles. The van der Waals surface area contributed by atoms with Gasteiger partial charge in [0.25, 0.3) is 0 Å². The second-order valence-corrected chi connectivity index (χ2v) is 15.4. The lowest BCUT2D eigenvalue weighted by atomic mass is 10.00. The molecule has 12 rings (SSSR count). The third-order valence-electron chi connectivity index (χ3n) is 11.1. The molecule has 0 saturated heterocycles. The molecule has 0 aliphatic heterocycles. The number of aromatic nitrogens is 4. The summed E-state index contributed by atoms with van der Waals surface area (Å²) in [5, 5.41) is 7.08. The third-order valence-corrected chi connectivity index (χ3v) is 12.3. The first-order chi connectivity index (χ1) is 28.2. The molecule has 12 aromatic rings. The van der Waals surface area contributed by atoms with Crippen molar-refractivity contribution in [3.8, 4) is 51.0 Å². The van der Waals surface area contributed by atoms with E-state index in [1.54, 1.807) is 11.3 Å². The van der Waals surface area contributed by atoms with Crippen molar-refractivity contribution in [3.63, 3.8) is 0 Å². The van der Waals surface area contributed by atoms with Crippen LogP contribution in [-0.2, 0) is 0 Å². The summed E-state index contributed by atoms with van der Waals surface area (Å²) < 4.78 is 11.1. The minimum Gasteiger partial charge on any atom is -0.456 e. The minimum absolute atomic E-state index is 0.657. The van der Waals surface area contributed by atoms with Crippen LogP contribution in [0.5, 0.6) is 0 Å². The topological polar surface area (TPSA) is 56.7 Å². The number of benzene rings is 8. The van der Waals surface area contributed by atoms with Gasteiger partial charge in [-0.15, -0.1) is 11.3 Å². The summed E-state index contributed by atoms with van der Waals surface area (Å²) in [6.45, 7) is 0. The van der Waals surface area contributed by atoms with Crippen molar-refractivity contribution >= 4 is 75.3 Å². The molecule has 57 heavy (non-hydrogen) atoms. The molecule has 266 valence electrons. The van der Waals surface area contributed by atoms with Crippen molar-refractivity contribution in [1.29, 1.82) is 0 Å². The van der Waals surface area contributed by atoms with E-state index >= 15 is 0 Å². The molecule has 0 atom stereocenters. The van der Waals surface area contributed by atoms with Gasteiger partial charge >= 0.3 is 0 Å². The molecule has 0 fully saturated rings. The van der Waals surface area contributed by atoms with E-state index in [4.69, 9.17) is 19.4 Å². The first-order valence-corrected chi connectivity index (χ1v) is 19.8. The number of hydrogen-bond acceptors (Lipinski definition) is 5. The van der Waals surface area contributed by atoms with Crippen LogP contribution in [-0.4, -0.2) is 19.5 Å². The van der Waals surface area contributed by atoms with Gasteiger partial charge in [-0.2, -0.15) is 0 Å². The Balaban J connectivity index is 0.983. The molecule has 4 heterocycles. The lowest BCUT2D eigenvalue weighted by molar-refractivity contribution is 0.669. The van der Waals surface area contributed by atoms with E-state index < -0.39 is 0 Å². The Hall–Kier alpha value is -7.41. The highest BCUT2D eigenvalue weighted by Gasteiger charge is 2.18. The summed E-state index contributed by atoms with van der Waals surface area (Å²) in [5.74, 6) is 1.98. The fourth-order valence-electron chi connectivity index (χ4n) is 8.37. The van der Waals surface area contributed by atoms with Crippen molar-refractivity contribution in [2.75, 3.05) is 0 Å². The number of hydrogen-bond donors (Lipinski definition) is 0. The van der Waals surface area contributed by atoms with Crippen LogP contribution in [0.25, 0.3) is 115 Å². The molecule has 6 heteroatoms. The number of para-hydroxylation sites is 2. The van der Waals surface area contributed by atoms with Gasteiger partial charge in [0.1, 0.15) is 11.2 Å². The highest BCUT2D eigenvalue weighted by molar-refractivity contribution is 7.26. The first kappa shape index (κ1) is 31.9. The van der Waals surface area contributed by atoms with Crippen LogP contribution in [0.3, 0.4) is 0 Å². The van der Waals surface area contributed by atoms with E-state index in [0.717, 1.165) is 60.1 Å². The van der Waals surface area contributed by atoms with E-state index in [0.29, 0.717) is 17.5 Å². The van der Waals surface area contributed by atoms with E-state index in [2.05, 4.69) is 126 Å². The average molecular weight is 747 g/mol. The molecule has 0 N–H and O–H groups in total. The van der Waals surface area contributed by atoms with Gasteiger partial charge in [0, 0.05) is 64.1 Å².